The Labute approximate surface area is 178 Å². The SMILES string of the molecule is O=C(c1ccccc1)N(O)C[C@]1(O)CO[C@H](CNS(=O)(=O)c2ccccc2Cl)[C@H]1O. The number of sulfonamides is 1. The first-order valence-corrected chi connectivity index (χ1v) is 10.8. The average molecular weight is 457 g/mol. The highest BCUT2D eigenvalue weighted by Crippen LogP contribution is 2.27. The number of nitrogens with zero attached hydrogens (tertiary/aromatic N) is 1. The number of hydroxylamine groups is 2. The molecule has 1 saturated heterocycles. The van der Waals surface area contributed by atoms with Gasteiger partial charge in [-0.3, -0.25) is 10.0 Å². The molecule has 162 valence electrons. The summed E-state index contributed by atoms with van der Waals surface area (Å²) in [5, 5.41) is 31.5. The standard InChI is InChI=1S/C19H21ClN2O7S/c20-14-8-4-5-9-16(14)30(27,28)21-10-15-17(23)19(25,12-29-15)11-22(26)18(24)13-6-2-1-3-7-13/h1-9,15,17,21,23,25-26H,10-12H2/t15-,17-,19+/m1/s1. The van der Waals surface area contributed by atoms with Crippen LogP contribution in [0.1, 0.15) is 10.4 Å². The summed E-state index contributed by atoms with van der Waals surface area (Å²) in [5.41, 5.74) is -1.79. The lowest BCUT2D eigenvalue weighted by Crippen LogP contribution is -2.54. The molecule has 3 rings (SSSR count). The summed E-state index contributed by atoms with van der Waals surface area (Å²) >= 11 is 5.91. The monoisotopic (exact) mass is 456 g/mol. The molecule has 30 heavy (non-hydrogen) atoms. The first-order chi connectivity index (χ1) is 14.1. The molecule has 0 aromatic heterocycles. The van der Waals surface area contributed by atoms with Crippen LogP contribution in [0.15, 0.2) is 59.5 Å². The van der Waals surface area contributed by atoms with Gasteiger partial charge in [0.1, 0.15) is 22.7 Å². The number of amides is 1. The zero-order valence-corrected chi connectivity index (χ0v) is 17.3. The lowest BCUT2D eigenvalue weighted by Gasteiger charge is -2.29. The van der Waals surface area contributed by atoms with Crippen LogP contribution in [0.5, 0.6) is 0 Å². The molecule has 1 aliphatic rings. The van der Waals surface area contributed by atoms with Gasteiger partial charge in [-0.2, -0.15) is 0 Å². The third-order valence-electron chi connectivity index (χ3n) is 4.73. The molecule has 2 aromatic rings. The van der Waals surface area contributed by atoms with Crippen molar-refractivity contribution in [1.29, 1.82) is 0 Å². The van der Waals surface area contributed by atoms with E-state index in [0.29, 0.717) is 0 Å². The largest absolute Gasteiger partial charge is 0.387 e. The number of nitrogens with one attached hydrogen (secondary N) is 1. The van der Waals surface area contributed by atoms with Crippen LogP contribution in [0.2, 0.25) is 5.02 Å². The van der Waals surface area contributed by atoms with E-state index < -0.39 is 46.9 Å². The molecule has 0 spiro atoms. The van der Waals surface area contributed by atoms with Gasteiger partial charge in [0.25, 0.3) is 5.91 Å². The van der Waals surface area contributed by atoms with Gasteiger partial charge in [-0.15, -0.1) is 0 Å². The van der Waals surface area contributed by atoms with E-state index in [1.54, 1.807) is 24.3 Å². The van der Waals surface area contributed by atoms with E-state index in [1.807, 2.05) is 0 Å². The second-order valence-corrected chi connectivity index (χ2v) is 9.05. The Kier molecular flexibility index (Phi) is 6.78. The van der Waals surface area contributed by atoms with Gasteiger partial charge >= 0.3 is 0 Å². The van der Waals surface area contributed by atoms with E-state index in [2.05, 4.69) is 4.72 Å². The van der Waals surface area contributed by atoms with Crippen molar-refractivity contribution in [2.24, 2.45) is 0 Å². The molecule has 0 saturated carbocycles. The van der Waals surface area contributed by atoms with Crippen molar-refractivity contribution in [1.82, 2.24) is 9.79 Å². The number of hydrogen-bond donors (Lipinski definition) is 4. The molecular weight excluding hydrogens is 436 g/mol. The fourth-order valence-electron chi connectivity index (χ4n) is 3.08. The topological polar surface area (TPSA) is 136 Å². The number of rotatable bonds is 7. The number of halogens is 1. The quantitative estimate of drug-likeness (QED) is 0.354. The first-order valence-electron chi connectivity index (χ1n) is 8.96. The maximum atomic E-state index is 12.4. The fraction of sp³-hybridized carbons (Fsp3) is 0.316. The summed E-state index contributed by atoms with van der Waals surface area (Å²) in [5.74, 6) is -0.765. The summed E-state index contributed by atoms with van der Waals surface area (Å²) < 4.78 is 32.4. The summed E-state index contributed by atoms with van der Waals surface area (Å²) in [6, 6.07) is 13.8. The Morgan fingerprint density at radius 3 is 2.50 bits per heavy atom. The van der Waals surface area contributed by atoms with E-state index in [9.17, 15) is 28.6 Å². The number of aliphatic hydroxyl groups excluding tert-OH is 1. The van der Waals surface area contributed by atoms with Crippen molar-refractivity contribution in [3.63, 3.8) is 0 Å². The molecule has 0 unspecified atom stereocenters. The van der Waals surface area contributed by atoms with E-state index in [-0.39, 0.29) is 27.1 Å². The fourth-order valence-corrected chi connectivity index (χ4v) is 4.64. The van der Waals surface area contributed by atoms with Gasteiger partial charge in [-0.1, -0.05) is 41.9 Å². The molecule has 1 heterocycles. The predicted molar refractivity (Wildman–Crippen MR) is 107 cm³/mol. The Hall–Kier alpha value is -2.05. The third kappa shape index (κ3) is 4.81. The van der Waals surface area contributed by atoms with Crippen LogP contribution in [0, 0.1) is 0 Å². The lowest BCUT2D eigenvalue weighted by molar-refractivity contribution is -0.133. The molecule has 3 atom stereocenters. The minimum absolute atomic E-state index is 0.0322. The Bertz CT molecular complexity index is 1000. The first kappa shape index (κ1) is 22.6. The molecule has 4 N–H and O–H groups in total. The van der Waals surface area contributed by atoms with Crippen LogP contribution in [0.3, 0.4) is 0 Å². The molecule has 2 aromatic carbocycles. The molecule has 0 bridgehead atoms. The van der Waals surface area contributed by atoms with Gasteiger partial charge < -0.3 is 14.9 Å². The van der Waals surface area contributed by atoms with Crippen LogP contribution in [0.4, 0.5) is 0 Å². The van der Waals surface area contributed by atoms with Crippen LogP contribution < -0.4 is 4.72 Å². The number of ether oxygens (including phenoxy) is 1. The van der Waals surface area contributed by atoms with E-state index >= 15 is 0 Å². The Balaban J connectivity index is 1.63. The number of hydrogen-bond acceptors (Lipinski definition) is 7. The van der Waals surface area contributed by atoms with Crippen LogP contribution in [-0.2, 0) is 14.8 Å². The molecule has 1 fully saturated rings. The zero-order chi connectivity index (χ0) is 21.9. The van der Waals surface area contributed by atoms with Crippen LogP contribution in [-0.4, -0.2) is 72.3 Å². The van der Waals surface area contributed by atoms with E-state index in [0.717, 1.165) is 0 Å². The van der Waals surface area contributed by atoms with E-state index in [1.165, 1.54) is 30.3 Å². The number of benzene rings is 2. The van der Waals surface area contributed by atoms with Gasteiger partial charge in [0.2, 0.25) is 10.0 Å². The van der Waals surface area contributed by atoms with Crippen molar-refractivity contribution in [3.8, 4) is 0 Å². The molecule has 0 aliphatic carbocycles. The molecule has 1 amide bonds. The highest BCUT2D eigenvalue weighted by molar-refractivity contribution is 7.89. The molecule has 1 aliphatic heterocycles. The van der Waals surface area contributed by atoms with Gasteiger partial charge in [-0.05, 0) is 24.3 Å². The number of aliphatic hydroxyl groups is 2. The average Bonchev–Trinajstić information content (AvgIpc) is 3.00. The van der Waals surface area contributed by atoms with E-state index in [4.69, 9.17) is 16.3 Å². The highest BCUT2D eigenvalue weighted by atomic mass is 35.5. The predicted octanol–water partition coefficient (Wildman–Crippen LogP) is 0.641. The summed E-state index contributed by atoms with van der Waals surface area (Å²) in [4.78, 5) is 12.1. The van der Waals surface area contributed by atoms with Crippen molar-refractivity contribution < 1.29 is 33.4 Å². The smallest absolute Gasteiger partial charge is 0.277 e. The normalized spacial score (nSPS) is 24.0. The van der Waals surface area contributed by atoms with Crippen molar-refractivity contribution in [3.05, 3.63) is 65.2 Å². The van der Waals surface area contributed by atoms with Gasteiger partial charge in [-0.25, -0.2) is 18.2 Å². The van der Waals surface area contributed by atoms with Crippen molar-refractivity contribution in [2.75, 3.05) is 19.7 Å². The number of carbonyl (C=O) groups excluding carboxylic acids is 1. The maximum absolute atomic E-state index is 12.4. The maximum Gasteiger partial charge on any atom is 0.277 e. The van der Waals surface area contributed by atoms with Gasteiger partial charge in [0.15, 0.2) is 0 Å². The second-order valence-electron chi connectivity index (χ2n) is 6.91. The zero-order valence-electron chi connectivity index (χ0n) is 15.7. The van der Waals surface area contributed by atoms with Crippen molar-refractivity contribution in [2.45, 2.75) is 22.7 Å². The van der Waals surface area contributed by atoms with Crippen LogP contribution in [0.25, 0.3) is 0 Å². The van der Waals surface area contributed by atoms with Gasteiger partial charge in [0.05, 0.1) is 18.2 Å². The Morgan fingerprint density at radius 1 is 1.20 bits per heavy atom. The molecule has 9 nitrogen and oxygen atoms in total. The molecule has 11 heteroatoms. The highest BCUT2D eigenvalue weighted by Gasteiger charge is 2.49. The third-order valence-corrected chi connectivity index (χ3v) is 6.65. The minimum Gasteiger partial charge on any atom is -0.387 e. The molecular formula is C19H21ClN2O7S. The Morgan fingerprint density at radius 2 is 1.83 bits per heavy atom. The van der Waals surface area contributed by atoms with Crippen molar-refractivity contribution >= 4 is 27.5 Å². The van der Waals surface area contributed by atoms with Gasteiger partial charge in [0, 0.05) is 12.1 Å². The number of carbonyl (C=O) groups is 1. The summed E-state index contributed by atoms with van der Waals surface area (Å²) in [6.07, 6.45) is -2.67. The summed E-state index contributed by atoms with van der Waals surface area (Å²) in [7, 11) is -3.98. The molecule has 0 radical (unpaired) electrons. The summed E-state index contributed by atoms with van der Waals surface area (Å²) in [6.45, 7) is -1.39. The minimum atomic E-state index is -3.98. The lowest BCUT2D eigenvalue weighted by atomic mass is 9.96. The van der Waals surface area contributed by atoms with Crippen LogP contribution >= 0.6 is 11.6 Å². The second kappa shape index (κ2) is 8.98.